The molecule has 0 aromatic carbocycles. The summed E-state index contributed by atoms with van der Waals surface area (Å²) >= 11 is 0. The van der Waals surface area contributed by atoms with E-state index in [0.29, 0.717) is 6.42 Å². The molecule has 0 radical (unpaired) electrons. The second kappa shape index (κ2) is 12.4. The Morgan fingerprint density at radius 2 is 0.975 bits per heavy atom. The first-order chi connectivity index (χ1) is 18.6. The molecular formula is C26H34F12O2. The summed E-state index contributed by atoms with van der Waals surface area (Å²) in [6, 6.07) is 0. The van der Waals surface area contributed by atoms with Gasteiger partial charge in [-0.2, -0.15) is 8.78 Å². The summed E-state index contributed by atoms with van der Waals surface area (Å²) in [4.78, 5) is 0. The van der Waals surface area contributed by atoms with Gasteiger partial charge < -0.3 is 4.74 Å². The number of ether oxygens (including phenoxy) is 2. The number of halogens is 12. The normalized spacial score (nSPS) is 47.7. The molecule has 2 nitrogen and oxygen atoms in total. The van der Waals surface area contributed by atoms with Gasteiger partial charge in [-0.05, 0) is 68.6 Å². The van der Waals surface area contributed by atoms with Gasteiger partial charge in [-0.25, -0.2) is 30.7 Å². The average Bonchev–Trinajstić information content (AvgIpc) is 2.80. The first-order valence-electron chi connectivity index (χ1n) is 13.8. The zero-order valence-electron chi connectivity index (χ0n) is 21.5. The van der Waals surface area contributed by atoms with Crippen LogP contribution in [-0.4, -0.2) is 67.9 Å². The molecule has 0 amide bonds. The highest BCUT2D eigenvalue weighted by Crippen LogP contribution is 2.51. The van der Waals surface area contributed by atoms with Crippen LogP contribution in [0.15, 0.2) is 0 Å². The van der Waals surface area contributed by atoms with Gasteiger partial charge in [0, 0.05) is 19.3 Å². The van der Waals surface area contributed by atoms with Gasteiger partial charge in [0.2, 0.25) is 0 Å². The molecule has 0 aliphatic heterocycles. The molecule has 0 aromatic rings. The third-order valence-corrected chi connectivity index (χ3v) is 9.34. The molecule has 234 valence electrons. The van der Waals surface area contributed by atoms with Crippen molar-refractivity contribution in [1.82, 2.24) is 0 Å². The Hall–Kier alpha value is -0.920. The van der Waals surface area contributed by atoms with E-state index in [4.69, 9.17) is 0 Å². The Kier molecular flexibility index (Phi) is 9.89. The standard InChI is InChI=1S/C26H34F12O2/c27-13-2-4-15(18(29)8-13)11-1-3-16(17(28)5-11)12-6-19(30)23(20(31)7-12)25(34,35)39-14-9-21(32)24(22(33)10-14)40-26(36,37)38/h11-24H,1-10H2. The topological polar surface area (TPSA) is 18.5 Å². The summed E-state index contributed by atoms with van der Waals surface area (Å²) in [5, 5.41) is 0. The van der Waals surface area contributed by atoms with Crippen LogP contribution in [0.25, 0.3) is 0 Å². The molecule has 10 atom stereocenters. The fraction of sp³-hybridized carbons (Fsp3) is 1.00. The van der Waals surface area contributed by atoms with Crippen molar-refractivity contribution in [2.24, 2.45) is 29.6 Å². The molecule has 4 rings (SSSR count). The minimum atomic E-state index is -5.36. The fourth-order valence-corrected chi connectivity index (χ4v) is 7.47. The van der Waals surface area contributed by atoms with Gasteiger partial charge in [-0.3, -0.25) is 4.74 Å². The van der Waals surface area contributed by atoms with Gasteiger partial charge in [-0.1, -0.05) is 0 Å². The van der Waals surface area contributed by atoms with Crippen molar-refractivity contribution in [3.63, 3.8) is 0 Å². The predicted octanol–water partition coefficient (Wildman–Crippen LogP) is 8.27. The first-order valence-corrected chi connectivity index (χ1v) is 13.8. The Morgan fingerprint density at radius 1 is 0.475 bits per heavy atom. The quantitative estimate of drug-likeness (QED) is 0.284. The Labute approximate surface area is 224 Å². The molecule has 10 unspecified atom stereocenters. The molecule has 4 fully saturated rings. The predicted molar refractivity (Wildman–Crippen MR) is 119 cm³/mol. The van der Waals surface area contributed by atoms with E-state index in [9.17, 15) is 39.5 Å². The monoisotopic (exact) mass is 606 g/mol. The van der Waals surface area contributed by atoms with Crippen LogP contribution in [0.4, 0.5) is 52.7 Å². The van der Waals surface area contributed by atoms with E-state index in [2.05, 4.69) is 9.47 Å². The zero-order valence-corrected chi connectivity index (χ0v) is 21.5. The third-order valence-electron chi connectivity index (χ3n) is 9.34. The van der Waals surface area contributed by atoms with Crippen LogP contribution in [0.2, 0.25) is 0 Å². The number of alkyl halides is 12. The zero-order chi connectivity index (χ0) is 29.6. The Morgan fingerprint density at radius 3 is 1.50 bits per heavy atom. The van der Waals surface area contributed by atoms with Crippen molar-refractivity contribution in [3.05, 3.63) is 0 Å². The number of rotatable bonds is 6. The van der Waals surface area contributed by atoms with E-state index in [1.807, 2.05) is 0 Å². The Balaban J connectivity index is 1.32. The smallest absolute Gasteiger partial charge is 0.317 e. The maximum absolute atomic E-state index is 15.2. The molecule has 14 heteroatoms. The molecule has 4 saturated carbocycles. The summed E-state index contributed by atoms with van der Waals surface area (Å²) in [5.41, 5.74) is 0. The number of hydrogen-bond donors (Lipinski definition) is 0. The van der Waals surface area contributed by atoms with Crippen LogP contribution in [-0.2, 0) is 9.47 Å². The molecule has 40 heavy (non-hydrogen) atoms. The molecular weight excluding hydrogens is 572 g/mol. The van der Waals surface area contributed by atoms with Crippen molar-refractivity contribution >= 4 is 0 Å². The summed E-state index contributed by atoms with van der Waals surface area (Å²) in [6.45, 7) is 0. The fourth-order valence-electron chi connectivity index (χ4n) is 7.47. The highest BCUT2D eigenvalue weighted by molar-refractivity contribution is 4.98. The first kappa shape index (κ1) is 32.0. The summed E-state index contributed by atoms with van der Waals surface area (Å²) in [5.74, 6) is -5.25. The van der Waals surface area contributed by atoms with Crippen LogP contribution in [0, 0.1) is 29.6 Å². The lowest BCUT2D eigenvalue weighted by Gasteiger charge is -2.45. The minimum absolute atomic E-state index is 0.0602. The maximum atomic E-state index is 15.2. The van der Waals surface area contributed by atoms with E-state index in [1.54, 1.807) is 0 Å². The average molecular weight is 607 g/mol. The lowest BCUT2D eigenvalue weighted by Crippen LogP contribution is -2.53. The van der Waals surface area contributed by atoms with Crippen LogP contribution in [0.3, 0.4) is 0 Å². The van der Waals surface area contributed by atoms with Gasteiger partial charge >= 0.3 is 12.5 Å². The lowest BCUT2D eigenvalue weighted by molar-refractivity contribution is -0.366. The van der Waals surface area contributed by atoms with E-state index < -0.39 is 117 Å². The van der Waals surface area contributed by atoms with Crippen LogP contribution < -0.4 is 0 Å². The molecule has 0 bridgehead atoms. The number of hydrogen-bond acceptors (Lipinski definition) is 2. The second-order valence-electron chi connectivity index (χ2n) is 12.0. The SMILES string of the molecule is FC1CCC(C2CCC(C3CC(F)C(C(F)(F)OC4CC(F)C(OC(F)(F)F)C(F)C4)C(F)C3)C(F)C2)C(F)C1. The third kappa shape index (κ3) is 7.34. The van der Waals surface area contributed by atoms with Crippen molar-refractivity contribution in [2.75, 3.05) is 0 Å². The van der Waals surface area contributed by atoms with Crippen LogP contribution in [0.5, 0.6) is 0 Å². The van der Waals surface area contributed by atoms with Crippen molar-refractivity contribution < 1.29 is 62.2 Å². The van der Waals surface area contributed by atoms with Crippen LogP contribution >= 0.6 is 0 Å². The molecule has 0 heterocycles. The minimum Gasteiger partial charge on any atom is -0.317 e. The highest BCUT2D eigenvalue weighted by atomic mass is 19.4. The summed E-state index contributed by atoms with van der Waals surface area (Å²) < 4.78 is 176. The van der Waals surface area contributed by atoms with Gasteiger partial charge in [0.05, 0.1) is 6.10 Å². The summed E-state index contributed by atoms with van der Waals surface area (Å²) in [6.07, 6.45) is -31.6. The van der Waals surface area contributed by atoms with Crippen molar-refractivity contribution in [3.8, 4) is 0 Å². The van der Waals surface area contributed by atoms with Gasteiger partial charge in [0.25, 0.3) is 0 Å². The molecule has 0 saturated heterocycles. The second-order valence-corrected chi connectivity index (χ2v) is 12.0. The molecule has 4 aliphatic carbocycles. The van der Waals surface area contributed by atoms with Crippen molar-refractivity contribution in [2.45, 2.75) is 132 Å². The lowest BCUT2D eigenvalue weighted by atomic mass is 9.64. The van der Waals surface area contributed by atoms with E-state index in [1.165, 1.54) is 0 Å². The van der Waals surface area contributed by atoms with Crippen LogP contribution in [0.1, 0.15) is 64.2 Å². The molecule has 4 aliphatic rings. The highest BCUT2D eigenvalue weighted by Gasteiger charge is 2.58. The molecule has 0 aromatic heterocycles. The van der Waals surface area contributed by atoms with Gasteiger partial charge in [0.15, 0.2) is 0 Å². The van der Waals surface area contributed by atoms with Gasteiger partial charge in [0.1, 0.15) is 55.2 Å². The molecule has 0 N–H and O–H groups in total. The van der Waals surface area contributed by atoms with Gasteiger partial charge in [-0.15, -0.1) is 13.2 Å². The van der Waals surface area contributed by atoms with Crippen molar-refractivity contribution in [1.29, 1.82) is 0 Å². The largest absolute Gasteiger partial charge is 0.522 e. The molecule has 0 spiro atoms. The summed E-state index contributed by atoms with van der Waals surface area (Å²) in [7, 11) is 0. The Bertz CT molecular complexity index is 806. The van der Waals surface area contributed by atoms with E-state index >= 15 is 13.2 Å². The van der Waals surface area contributed by atoms with E-state index in [-0.39, 0.29) is 38.0 Å². The van der Waals surface area contributed by atoms with E-state index in [0.717, 1.165) is 0 Å². The maximum Gasteiger partial charge on any atom is 0.522 e.